The average molecular weight is 353 g/mol. The summed E-state index contributed by atoms with van der Waals surface area (Å²) in [7, 11) is 1.45. The lowest BCUT2D eigenvalue weighted by Gasteiger charge is -2.12. The lowest BCUT2D eigenvalue weighted by Crippen LogP contribution is -2.34. The van der Waals surface area contributed by atoms with Gasteiger partial charge in [-0.05, 0) is 30.7 Å². The summed E-state index contributed by atoms with van der Waals surface area (Å²) in [6.45, 7) is 1.73. The van der Waals surface area contributed by atoms with Gasteiger partial charge in [0.2, 0.25) is 0 Å². The molecule has 1 saturated heterocycles. The van der Waals surface area contributed by atoms with Crippen LogP contribution in [-0.4, -0.2) is 46.5 Å². The molecule has 0 atom stereocenters. The van der Waals surface area contributed by atoms with E-state index in [0.717, 1.165) is 11.8 Å². The van der Waals surface area contributed by atoms with Crippen LogP contribution < -0.4 is 4.74 Å². The topological polar surface area (TPSA) is 76.1 Å². The number of phenolic OH excluding ortho intramolecular Hbond substituents is 1. The van der Waals surface area contributed by atoms with E-state index in [0.29, 0.717) is 20.5 Å². The summed E-state index contributed by atoms with van der Waals surface area (Å²) < 4.78 is 10.1. The highest BCUT2D eigenvalue weighted by Gasteiger charge is 2.33. The Hall–Kier alpha value is -2.06. The fourth-order valence-electron chi connectivity index (χ4n) is 1.92. The van der Waals surface area contributed by atoms with Gasteiger partial charge in [-0.2, -0.15) is 0 Å². The van der Waals surface area contributed by atoms with Crippen molar-refractivity contribution < 1.29 is 24.2 Å². The molecule has 1 aliphatic rings. The molecule has 122 valence electrons. The predicted octanol–water partition coefficient (Wildman–Crippen LogP) is 2.17. The lowest BCUT2D eigenvalue weighted by molar-refractivity contribution is -0.145. The summed E-state index contributed by atoms with van der Waals surface area (Å²) >= 11 is 6.23. The molecule has 1 fully saturated rings. The van der Waals surface area contributed by atoms with Gasteiger partial charge in [-0.15, -0.1) is 0 Å². The Morgan fingerprint density at radius 3 is 2.83 bits per heavy atom. The minimum atomic E-state index is -0.507. The van der Waals surface area contributed by atoms with Gasteiger partial charge in [0.05, 0.1) is 18.6 Å². The van der Waals surface area contributed by atoms with Crippen molar-refractivity contribution in [1.82, 2.24) is 4.90 Å². The van der Waals surface area contributed by atoms with E-state index in [-0.39, 0.29) is 24.8 Å². The van der Waals surface area contributed by atoms with Crippen LogP contribution in [0.2, 0.25) is 0 Å². The van der Waals surface area contributed by atoms with Gasteiger partial charge in [-0.1, -0.05) is 30.0 Å². The van der Waals surface area contributed by atoms with E-state index in [9.17, 15) is 14.7 Å². The van der Waals surface area contributed by atoms with Crippen molar-refractivity contribution in [3.63, 3.8) is 0 Å². The number of nitrogens with zero attached hydrogens (tertiary/aromatic N) is 1. The summed E-state index contributed by atoms with van der Waals surface area (Å²) in [5, 5.41) is 9.77. The number of carbonyl (C=O) groups excluding carboxylic acids is 2. The van der Waals surface area contributed by atoms with Gasteiger partial charge in [-0.25, -0.2) is 0 Å². The zero-order valence-corrected chi connectivity index (χ0v) is 14.2. The number of hydrogen-bond donors (Lipinski definition) is 1. The van der Waals surface area contributed by atoms with E-state index in [2.05, 4.69) is 0 Å². The van der Waals surface area contributed by atoms with Gasteiger partial charge in [0.1, 0.15) is 10.9 Å². The van der Waals surface area contributed by atoms with Crippen LogP contribution in [0.4, 0.5) is 0 Å². The van der Waals surface area contributed by atoms with E-state index < -0.39 is 5.97 Å². The van der Waals surface area contributed by atoms with Crippen LogP contribution in [0.3, 0.4) is 0 Å². The van der Waals surface area contributed by atoms with Crippen molar-refractivity contribution in [2.45, 2.75) is 6.92 Å². The Labute approximate surface area is 143 Å². The van der Waals surface area contributed by atoms with Gasteiger partial charge in [0.25, 0.3) is 5.91 Å². The number of aromatic hydroxyl groups is 1. The third kappa shape index (κ3) is 4.02. The molecule has 0 aliphatic carbocycles. The van der Waals surface area contributed by atoms with Crippen LogP contribution in [0.5, 0.6) is 11.5 Å². The van der Waals surface area contributed by atoms with Crippen LogP contribution in [0, 0.1) is 0 Å². The maximum absolute atomic E-state index is 12.3. The molecular weight excluding hydrogens is 338 g/mol. The first-order valence-electron chi connectivity index (χ1n) is 6.74. The summed E-state index contributed by atoms with van der Waals surface area (Å²) in [5.74, 6) is -0.546. The second-order valence-electron chi connectivity index (χ2n) is 4.50. The number of benzene rings is 1. The van der Waals surface area contributed by atoms with Gasteiger partial charge in [0.15, 0.2) is 11.5 Å². The molecule has 0 unspecified atom stereocenters. The Morgan fingerprint density at radius 1 is 1.48 bits per heavy atom. The van der Waals surface area contributed by atoms with E-state index in [1.54, 1.807) is 25.1 Å². The molecule has 0 saturated carbocycles. The number of carbonyl (C=O) groups is 2. The summed E-state index contributed by atoms with van der Waals surface area (Å²) in [6, 6.07) is 4.79. The molecule has 1 aliphatic heterocycles. The number of esters is 1. The normalized spacial score (nSPS) is 16.1. The van der Waals surface area contributed by atoms with Crippen LogP contribution in [0.1, 0.15) is 12.5 Å². The van der Waals surface area contributed by atoms with Gasteiger partial charge in [-0.3, -0.25) is 14.5 Å². The van der Waals surface area contributed by atoms with Crippen LogP contribution in [-0.2, 0) is 14.3 Å². The van der Waals surface area contributed by atoms with E-state index in [1.165, 1.54) is 18.1 Å². The third-order valence-electron chi connectivity index (χ3n) is 2.97. The second-order valence-corrected chi connectivity index (χ2v) is 6.18. The molecule has 0 bridgehead atoms. The number of thioether (sulfide) groups is 1. The van der Waals surface area contributed by atoms with Crippen molar-refractivity contribution in [2.24, 2.45) is 0 Å². The van der Waals surface area contributed by atoms with E-state index >= 15 is 0 Å². The number of rotatable bonds is 5. The summed E-state index contributed by atoms with van der Waals surface area (Å²) in [4.78, 5) is 25.4. The first-order chi connectivity index (χ1) is 11.0. The van der Waals surface area contributed by atoms with Crippen molar-refractivity contribution in [3.8, 4) is 11.5 Å². The van der Waals surface area contributed by atoms with Crippen molar-refractivity contribution in [2.75, 3.05) is 20.3 Å². The standard InChI is InChI=1S/C15H15NO5S2/c1-3-21-13(18)8-16-14(19)12(23-15(16)22)7-9-4-5-11(20-2)10(17)6-9/h4-7,17H,3,8H2,1-2H3/b12-7-. The van der Waals surface area contributed by atoms with Crippen molar-refractivity contribution in [1.29, 1.82) is 0 Å². The Morgan fingerprint density at radius 2 is 2.22 bits per heavy atom. The molecule has 0 spiro atoms. The van der Waals surface area contributed by atoms with Crippen LogP contribution in [0.15, 0.2) is 23.1 Å². The number of methoxy groups -OCH3 is 1. The van der Waals surface area contributed by atoms with Crippen LogP contribution >= 0.6 is 24.0 Å². The van der Waals surface area contributed by atoms with Gasteiger partial charge in [0, 0.05) is 0 Å². The molecule has 2 rings (SSSR count). The molecule has 1 N–H and O–H groups in total. The number of amides is 1. The van der Waals surface area contributed by atoms with E-state index in [1.807, 2.05) is 0 Å². The SMILES string of the molecule is CCOC(=O)CN1C(=O)/C(=C/c2ccc(OC)c(O)c2)SC1=S. The molecule has 8 heteroatoms. The fraction of sp³-hybridized carbons (Fsp3) is 0.267. The molecule has 6 nitrogen and oxygen atoms in total. The zero-order chi connectivity index (χ0) is 17.0. The Kier molecular flexibility index (Phi) is 5.62. The Bertz CT molecular complexity index is 686. The number of hydrogen-bond acceptors (Lipinski definition) is 7. The van der Waals surface area contributed by atoms with E-state index in [4.69, 9.17) is 21.7 Å². The van der Waals surface area contributed by atoms with Gasteiger partial charge < -0.3 is 14.6 Å². The van der Waals surface area contributed by atoms with Crippen molar-refractivity contribution >= 4 is 46.3 Å². The molecule has 1 aromatic rings. The zero-order valence-electron chi connectivity index (χ0n) is 12.6. The van der Waals surface area contributed by atoms with Crippen LogP contribution in [0.25, 0.3) is 6.08 Å². The molecule has 0 radical (unpaired) electrons. The second kappa shape index (κ2) is 7.47. The number of ether oxygens (including phenoxy) is 2. The number of phenols is 1. The quantitative estimate of drug-likeness (QED) is 0.494. The Balaban J connectivity index is 2.18. The minimum absolute atomic E-state index is 0.0248. The third-order valence-corrected chi connectivity index (χ3v) is 4.34. The number of thiocarbonyl (C=S) groups is 1. The lowest BCUT2D eigenvalue weighted by atomic mass is 10.2. The van der Waals surface area contributed by atoms with Gasteiger partial charge >= 0.3 is 5.97 Å². The highest BCUT2D eigenvalue weighted by molar-refractivity contribution is 8.26. The average Bonchev–Trinajstić information content (AvgIpc) is 2.75. The molecule has 1 aromatic carbocycles. The molecule has 23 heavy (non-hydrogen) atoms. The molecule has 0 aromatic heterocycles. The maximum atomic E-state index is 12.3. The predicted molar refractivity (Wildman–Crippen MR) is 91.2 cm³/mol. The smallest absolute Gasteiger partial charge is 0.326 e. The molecule has 1 heterocycles. The monoisotopic (exact) mass is 353 g/mol. The van der Waals surface area contributed by atoms with Crippen molar-refractivity contribution in [3.05, 3.63) is 28.7 Å². The molecular formula is C15H15NO5S2. The molecule has 1 amide bonds. The minimum Gasteiger partial charge on any atom is -0.504 e. The fourth-order valence-corrected chi connectivity index (χ4v) is 3.18. The highest BCUT2D eigenvalue weighted by atomic mass is 32.2. The summed E-state index contributed by atoms with van der Waals surface area (Å²) in [5.41, 5.74) is 0.625. The summed E-state index contributed by atoms with van der Waals surface area (Å²) in [6.07, 6.45) is 1.60. The first kappa shape index (κ1) is 17.3. The first-order valence-corrected chi connectivity index (χ1v) is 7.96. The maximum Gasteiger partial charge on any atom is 0.326 e. The largest absolute Gasteiger partial charge is 0.504 e. The highest BCUT2D eigenvalue weighted by Crippen LogP contribution is 2.34.